The summed E-state index contributed by atoms with van der Waals surface area (Å²) in [4.78, 5) is 34.0. The SMILES string of the molecule is CCCC[C@H](CCC[C@H](O)[C@H](O)CCCCCCCCCCCCCC[C@H](O)C(=O)O)OC1OCC(O)C(O)C1OC1OCC(O)C(O)C1OC1OC(COC(C)=O)C(OC(C)=O)C(O)C1O. The Bertz CT molecular complexity index is 1380. The van der Waals surface area contributed by atoms with Gasteiger partial charge < -0.3 is 89.0 Å². The van der Waals surface area contributed by atoms with Crippen LogP contribution in [0.4, 0.5) is 0 Å². The number of unbranched alkanes of at least 4 members (excludes halogenated alkanes) is 12. The van der Waals surface area contributed by atoms with Crippen LogP contribution in [0.25, 0.3) is 0 Å². The summed E-state index contributed by atoms with van der Waals surface area (Å²) in [5, 5.41) is 105. The zero-order valence-corrected chi connectivity index (χ0v) is 39.5. The molecule has 13 unspecified atom stereocenters. The van der Waals surface area contributed by atoms with Crippen molar-refractivity contribution in [1.82, 2.24) is 0 Å². The minimum absolute atomic E-state index is 0.300. The van der Waals surface area contributed by atoms with E-state index in [1.54, 1.807) is 0 Å². The quantitative estimate of drug-likeness (QED) is 0.0327. The van der Waals surface area contributed by atoms with Crippen molar-refractivity contribution in [3.63, 3.8) is 0 Å². The highest BCUT2D eigenvalue weighted by molar-refractivity contribution is 5.71. The molecule has 17 atom stereocenters. The molecule has 0 aromatic heterocycles. The highest BCUT2D eigenvalue weighted by Crippen LogP contribution is 2.32. The van der Waals surface area contributed by atoms with Crippen LogP contribution in [0.2, 0.25) is 0 Å². The Kier molecular flexibility index (Phi) is 28.2. The second-order valence-electron chi connectivity index (χ2n) is 18.3. The molecule has 67 heavy (non-hydrogen) atoms. The predicted octanol–water partition coefficient (Wildman–Crippen LogP) is 1.23. The van der Waals surface area contributed by atoms with Gasteiger partial charge in [0.15, 0.2) is 31.1 Å². The molecule has 21 heteroatoms. The van der Waals surface area contributed by atoms with Crippen LogP contribution < -0.4 is 0 Å². The highest BCUT2D eigenvalue weighted by Gasteiger charge is 2.52. The third-order valence-corrected chi connectivity index (χ3v) is 12.5. The van der Waals surface area contributed by atoms with Gasteiger partial charge in [0.2, 0.25) is 0 Å². The first-order valence-corrected chi connectivity index (χ1v) is 24.5. The molecule has 3 rings (SSSR count). The summed E-state index contributed by atoms with van der Waals surface area (Å²) >= 11 is 0. The van der Waals surface area contributed by atoms with E-state index in [-0.39, 0.29) is 6.61 Å². The third-order valence-electron chi connectivity index (χ3n) is 12.5. The van der Waals surface area contributed by atoms with E-state index in [1.807, 2.05) is 6.92 Å². The Morgan fingerprint density at radius 1 is 0.552 bits per heavy atom. The fraction of sp³-hybridized carbons (Fsp3) is 0.935. The van der Waals surface area contributed by atoms with Crippen molar-refractivity contribution in [1.29, 1.82) is 0 Å². The summed E-state index contributed by atoms with van der Waals surface area (Å²) in [7, 11) is 0. The summed E-state index contributed by atoms with van der Waals surface area (Å²) in [5.41, 5.74) is 0. The van der Waals surface area contributed by atoms with Gasteiger partial charge >= 0.3 is 17.9 Å². The van der Waals surface area contributed by atoms with Crippen LogP contribution in [0.1, 0.15) is 149 Å². The molecule has 3 aliphatic heterocycles. The average Bonchev–Trinajstić information content (AvgIpc) is 3.28. The molecular weight excluding hydrogens is 888 g/mol. The predicted molar refractivity (Wildman–Crippen MR) is 235 cm³/mol. The van der Waals surface area contributed by atoms with Crippen molar-refractivity contribution in [2.45, 2.75) is 254 Å². The van der Waals surface area contributed by atoms with Crippen LogP contribution in [-0.2, 0) is 52.3 Å². The summed E-state index contributed by atoms with van der Waals surface area (Å²) in [6, 6.07) is 0. The topological polar surface area (TPSA) is 327 Å². The molecule has 3 saturated heterocycles. The fourth-order valence-electron chi connectivity index (χ4n) is 8.48. The van der Waals surface area contributed by atoms with Crippen LogP contribution in [0, 0.1) is 0 Å². The molecule has 0 radical (unpaired) electrons. The number of esters is 2. The molecular formula is C46H82O21. The molecule has 10 N–H and O–H groups in total. The van der Waals surface area contributed by atoms with Crippen LogP contribution in [0.15, 0.2) is 0 Å². The largest absolute Gasteiger partial charge is 0.479 e. The zero-order chi connectivity index (χ0) is 49.5. The number of carboxylic acid groups (broad SMARTS) is 1. The van der Waals surface area contributed by atoms with Crippen molar-refractivity contribution >= 4 is 17.9 Å². The number of rotatable bonds is 33. The first-order chi connectivity index (χ1) is 31.9. The van der Waals surface area contributed by atoms with Crippen LogP contribution >= 0.6 is 0 Å². The van der Waals surface area contributed by atoms with Crippen molar-refractivity contribution in [2.24, 2.45) is 0 Å². The molecule has 3 fully saturated rings. The van der Waals surface area contributed by atoms with Gasteiger partial charge in [-0.25, -0.2) is 4.79 Å². The summed E-state index contributed by atoms with van der Waals surface area (Å²) < 4.78 is 45.8. The van der Waals surface area contributed by atoms with Crippen LogP contribution in [0.3, 0.4) is 0 Å². The lowest BCUT2D eigenvalue weighted by Crippen LogP contribution is -2.65. The van der Waals surface area contributed by atoms with E-state index in [9.17, 15) is 60.3 Å². The number of aliphatic hydroxyl groups is 9. The Labute approximate surface area is 393 Å². The number of hydrogen-bond donors (Lipinski definition) is 10. The Morgan fingerprint density at radius 3 is 1.55 bits per heavy atom. The molecule has 3 aliphatic rings. The third kappa shape index (κ3) is 21.0. The van der Waals surface area contributed by atoms with E-state index in [2.05, 4.69) is 0 Å². The Balaban J connectivity index is 1.49. The normalized spacial score (nSPS) is 32.0. The maximum Gasteiger partial charge on any atom is 0.332 e. The summed E-state index contributed by atoms with van der Waals surface area (Å²) in [6.07, 6.45) is -7.76. The first kappa shape index (κ1) is 59.1. The van der Waals surface area contributed by atoms with E-state index in [4.69, 9.17) is 43.0 Å². The lowest BCUT2D eigenvalue weighted by molar-refractivity contribution is -0.380. The van der Waals surface area contributed by atoms with E-state index in [0.29, 0.717) is 38.5 Å². The fourth-order valence-corrected chi connectivity index (χ4v) is 8.48. The van der Waals surface area contributed by atoms with Gasteiger partial charge in [0, 0.05) is 13.8 Å². The number of aliphatic hydroxyl groups excluding tert-OH is 9. The number of ether oxygens (including phenoxy) is 8. The van der Waals surface area contributed by atoms with Gasteiger partial charge in [-0.3, -0.25) is 9.59 Å². The maximum atomic E-state index is 11.8. The van der Waals surface area contributed by atoms with Crippen molar-refractivity contribution in [2.75, 3.05) is 19.8 Å². The summed E-state index contributed by atoms with van der Waals surface area (Å²) in [5.74, 6) is -2.71. The number of carboxylic acids is 1. The first-order valence-electron chi connectivity index (χ1n) is 24.5. The van der Waals surface area contributed by atoms with E-state index >= 15 is 0 Å². The minimum Gasteiger partial charge on any atom is -0.479 e. The molecule has 21 nitrogen and oxygen atoms in total. The lowest BCUT2D eigenvalue weighted by Gasteiger charge is -2.46. The second kappa shape index (κ2) is 31.9. The van der Waals surface area contributed by atoms with Crippen molar-refractivity contribution in [3.8, 4) is 0 Å². The van der Waals surface area contributed by atoms with Crippen LogP contribution in [0.5, 0.6) is 0 Å². The average molecular weight is 971 g/mol. The van der Waals surface area contributed by atoms with E-state index in [0.717, 1.165) is 104 Å². The molecule has 0 aliphatic carbocycles. The Hall–Kier alpha value is -2.19. The van der Waals surface area contributed by atoms with Crippen molar-refractivity contribution in [3.05, 3.63) is 0 Å². The van der Waals surface area contributed by atoms with Crippen LogP contribution in [-0.4, -0.2) is 193 Å². The molecule has 0 aromatic rings. The smallest absolute Gasteiger partial charge is 0.332 e. The Morgan fingerprint density at radius 2 is 1.03 bits per heavy atom. The number of hydrogen-bond acceptors (Lipinski definition) is 20. The summed E-state index contributed by atoms with van der Waals surface area (Å²) in [6.45, 7) is 2.89. The van der Waals surface area contributed by atoms with Gasteiger partial charge in [-0.2, -0.15) is 0 Å². The van der Waals surface area contributed by atoms with Crippen molar-refractivity contribution < 1.29 is 103 Å². The van der Waals surface area contributed by atoms with E-state index < -0.39 is 135 Å². The highest BCUT2D eigenvalue weighted by atomic mass is 16.8. The monoisotopic (exact) mass is 971 g/mol. The number of carbonyl (C=O) groups excluding carboxylic acids is 2. The molecule has 3 heterocycles. The maximum absolute atomic E-state index is 11.8. The van der Waals surface area contributed by atoms with Gasteiger partial charge in [0.1, 0.15) is 61.5 Å². The number of aliphatic carboxylic acids is 1. The standard InChI is InChI=1S/C46H82O21/c1-4-5-19-29(20-18-23-31(50)30(49)21-16-14-12-10-8-6-7-9-11-13-15-17-22-32(51)43(58)59)64-45-41(36(54)33(52)24-61-45)67-46-42(37(55)34(53)25-62-46)66-44-39(57)38(56)40(63-28(3)48)35(65-44)26-60-27(2)47/h29-42,44-46,49-57H,4-26H2,1-3H3,(H,58,59)/t29-,30-,31+,32+,33?,34?,35?,36?,37?,38?,39?,40?,41?,42?,44?,45?,46?/m1/s1. The van der Waals surface area contributed by atoms with Gasteiger partial charge in [-0.15, -0.1) is 0 Å². The molecule has 0 saturated carbocycles. The van der Waals surface area contributed by atoms with Gasteiger partial charge in [0.25, 0.3) is 0 Å². The molecule has 0 aromatic carbocycles. The van der Waals surface area contributed by atoms with Gasteiger partial charge in [-0.1, -0.05) is 96.8 Å². The zero-order valence-electron chi connectivity index (χ0n) is 39.5. The van der Waals surface area contributed by atoms with E-state index in [1.165, 1.54) is 0 Å². The minimum atomic E-state index is -1.91. The number of carbonyl (C=O) groups is 3. The second-order valence-corrected chi connectivity index (χ2v) is 18.3. The van der Waals surface area contributed by atoms with Gasteiger partial charge in [-0.05, 0) is 38.5 Å². The molecule has 0 amide bonds. The molecule has 392 valence electrons. The molecule has 0 spiro atoms. The van der Waals surface area contributed by atoms with Gasteiger partial charge in [0.05, 0.1) is 31.5 Å². The lowest BCUT2D eigenvalue weighted by atomic mass is 9.98. The molecule has 0 bridgehead atoms.